The van der Waals surface area contributed by atoms with Crippen molar-refractivity contribution >= 4 is 23.1 Å². The van der Waals surface area contributed by atoms with Crippen LogP contribution < -0.4 is 5.32 Å². The van der Waals surface area contributed by atoms with Gasteiger partial charge < -0.3 is 5.32 Å². The lowest BCUT2D eigenvalue weighted by Gasteiger charge is -2.38. The first-order valence-electron chi connectivity index (χ1n) is 10.6. The van der Waals surface area contributed by atoms with Crippen molar-refractivity contribution in [3.63, 3.8) is 0 Å². The number of hydrogen-bond donors (Lipinski definition) is 1. The predicted octanol–water partition coefficient (Wildman–Crippen LogP) is 4.42. The van der Waals surface area contributed by atoms with E-state index in [-0.39, 0.29) is 28.4 Å². The summed E-state index contributed by atoms with van der Waals surface area (Å²) in [7, 11) is 0. The summed E-state index contributed by atoms with van der Waals surface area (Å²) in [4.78, 5) is 39.5. The molecule has 0 radical (unpaired) electrons. The van der Waals surface area contributed by atoms with Crippen LogP contribution in [-0.2, 0) is 4.79 Å². The van der Waals surface area contributed by atoms with Crippen molar-refractivity contribution in [3.8, 4) is 11.4 Å². The highest BCUT2D eigenvalue weighted by molar-refractivity contribution is 6.00. The van der Waals surface area contributed by atoms with Crippen LogP contribution >= 0.6 is 0 Å². The van der Waals surface area contributed by atoms with Gasteiger partial charge in [-0.05, 0) is 17.4 Å². The summed E-state index contributed by atoms with van der Waals surface area (Å²) in [6.07, 6.45) is 0.930. The maximum atomic E-state index is 13.3. The molecule has 2 aliphatic rings. The molecule has 0 saturated heterocycles. The maximum Gasteiger partial charge on any atom is 0.270 e. The molecule has 0 bridgehead atoms. The first kappa shape index (κ1) is 21.4. The lowest BCUT2D eigenvalue weighted by atomic mass is 9.73. The van der Waals surface area contributed by atoms with Gasteiger partial charge in [-0.15, -0.1) is 5.10 Å². The molecule has 1 aromatic heterocycles. The molecule has 1 atom stereocenters. The Morgan fingerprint density at radius 2 is 1.71 bits per heavy atom. The van der Waals surface area contributed by atoms with Crippen LogP contribution in [0.25, 0.3) is 11.4 Å². The Morgan fingerprint density at radius 3 is 2.41 bits per heavy atom. The SMILES string of the molecule is CC1(C)CC(=O)C2=C(C1)Nc1nc(-c3cccc([N+](=O)[O-])c3)nn1C2c1cccc([N+](=O)[O-])c1. The maximum absolute atomic E-state index is 13.3. The van der Waals surface area contributed by atoms with Gasteiger partial charge in [0.25, 0.3) is 11.4 Å². The monoisotopic (exact) mass is 460 g/mol. The van der Waals surface area contributed by atoms with E-state index in [1.54, 1.807) is 24.3 Å². The molecule has 34 heavy (non-hydrogen) atoms. The lowest BCUT2D eigenvalue weighted by Crippen LogP contribution is -2.36. The molecule has 0 saturated carbocycles. The molecule has 5 rings (SSSR count). The number of allylic oxidation sites excluding steroid dienone is 2. The Morgan fingerprint density at radius 1 is 1.03 bits per heavy atom. The number of nitrogens with zero attached hydrogens (tertiary/aromatic N) is 5. The Hall–Kier alpha value is -4.41. The molecule has 2 heterocycles. The molecule has 172 valence electrons. The van der Waals surface area contributed by atoms with Crippen LogP contribution in [0, 0.1) is 25.6 Å². The van der Waals surface area contributed by atoms with Gasteiger partial charge >= 0.3 is 0 Å². The van der Waals surface area contributed by atoms with Crippen molar-refractivity contribution in [3.05, 3.63) is 85.6 Å². The summed E-state index contributed by atoms with van der Waals surface area (Å²) in [5, 5.41) is 30.4. The molecule has 0 amide bonds. The van der Waals surface area contributed by atoms with Crippen LogP contribution in [0.2, 0.25) is 0 Å². The van der Waals surface area contributed by atoms with E-state index in [9.17, 15) is 25.0 Å². The zero-order valence-corrected chi connectivity index (χ0v) is 18.4. The molecule has 0 fully saturated rings. The largest absolute Gasteiger partial charge is 0.328 e. The average molecular weight is 460 g/mol. The number of rotatable bonds is 4. The van der Waals surface area contributed by atoms with Crippen LogP contribution in [0.4, 0.5) is 17.3 Å². The second-order valence-electron chi connectivity index (χ2n) is 9.22. The number of hydrogen-bond acceptors (Lipinski definition) is 8. The highest BCUT2D eigenvalue weighted by atomic mass is 16.6. The molecule has 2 aromatic carbocycles. The standard InChI is InChI=1S/C23H20N6O5/c1-23(2)11-17-19(18(30)12-23)20(13-5-3-7-15(9-13)28(31)32)27-22(24-17)25-21(26-27)14-6-4-8-16(10-14)29(33)34/h3-10,20H,11-12H2,1-2H3,(H,24,25,26). The zero-order chi connectivity index (χ0) is 24.2. The van der Waals surface area contributed by atoms with Crippen LogP contribution in [0.5, 0.6) is 0 Å². The number of ketones is 1. The number of carbonyl (C=O) groups is 1. The third kappa shape index (κ3) is 3.60. The van der Waals surface area contributed by atoms with Crippen molar-refractivity contribution in [2.24, 2.45) is 5.41 Å². The predicted molar refractivity (Wildman–Crippen MR) is 122 cm³/mol. The molecule has 3 aromatic rings. The molecule has 1 aliphatic carbocycles. The third-order valence-electron chi connectivity index (χ3n) is 6.04. The lowest BCUT2D eigenvalue weighted by molar-refractivity contribution is -0.385. The normalized spacial score (nSPS) is 18.6. The average Bonchev–Trinajstić information content (AvgIpc) is 3.20. The topological polar surface area (TPSA) is 146 Å². The number of carbonyl (C=O) groups excluding carboxylic acids is 1. The van der Waals surface area contributed by atoms with Crippen molar-refractivity contribution in [1.82, 2.24) is 14.8 Å². The number of fused-ring (bicyclic) bond motifs is 1. The van der Waals surface area contributed by atoms with Gasteiger partial charge in [0.05, 0.1) is 9.85 Å². The van der Waals surface area contributed by atoms with E-state index in [0.717, 1.165) is 0 Å². The van der Waals surface area contributed by atoms with Gasteiger partial charge in [-0.2, -0.15) is 4.98 Å². The van der Waals surface area contributed by atoms with Gasteiger partial charge in [-0.1, -0.05) is 38.1 Å². The number of aromatic nitrogens is 3. The fourth-order valence-corrected chi connectivity index (χ4v) is 4.61. The van der Waals surface area contributed by atoms with Gasteiger partial charge in [0, 0.05) is 47.5 Å². The highest BCUT2D eigenvalue weighted by Crippen LogP contribution is 2.46. The second kappa shape index (κ2) is 7.58. The minimum Gasteiger partial charge on any atom is -0.328 e. The smallest absolute Gasteiger partial charge is 0.270 e. The molecular weight excluding hydrogens is 440 g/mol. The zero-order valence-electron chi connectivity index (χ0n) is 18.4. The molecule has 0 spiro atoms. The summed E-state index contributed by atoms with van der Waals surface area (Å²) >= 11 is 0. The highest BCUT2D eigenvalue weighted by Gasteiger charge is 2.42. The van der Waals surface area contributed by atoms with E-state index >= 15 is 0 Å². The number of benzene rings is 2. The van der Waals surface area contributed by atoms with Crippen LogP contribution in [0.3, 0.4) is 0 Å². The van der Waals surface area contributed by atoms with Crippen molar-refractivity contribution < 1.29 is 14.6 Å². The molecule has 11 nitrogen and oxygen atoms in total. The number of nitro benzene ring substituents is 2. The first-order valence-corrected chi connectivity index (χ1v) is 10.6. The minimum absolute atomic E-state index is 0.0618. The number of Topliss-reactive ketones (excluding diaryl/α,β-unsaturated/α-hetero) is 1. The summed E-state index contributed by atoms with van der Waals surface area (Å²) in [5.74, 6) is 0.545. The van der Waals surface area contributed by atoms with E-state index < -0.39 is 15.9 Å². The fraction of sp³-hybridized carbons (Fsp3) is 0.261. The molecule has 1 aliphatic heterocycles. The Balaban J connectivity index is 1.69. The van der Waals surface area contributed by atoms with Gasteiger partial charge in [0.2, 0.25) is 5.95 Å². The number of anilines is 1. The van der Waals surface area contributed by atoms with Gasteiger partial charge in [-0.3, -0.25) is 25.0 Å². The summed E-state index contributed by atoms with van der Waals surface area (Å²) in [6.45, 7) is 4.01. The summed E-state index contributed by atoms with van der Waals surface area (Å²) in [5.41, 5.74) is 1.74. The van der Waals surface area contributed by atoms with Crippen LogP contribution in [0.1, 0.15) is 38.3 Å². The Bertz CT molecular complexity index is 1410. The van der Waals surface area contributed by atoms with E-state index in [0.29, 0.717) is 41.2 Å². The first-order chi connectivity index (χ1) is 16.1. The van der Waals surface area contributed by atoms with Crippen LogP contribution in [-0.4, -0.2) is 30.4 Å². The Kier molecular flexibility index (Phi) is 4.78. The molecule has 1 N–H and O–H groups in total. The van der Waals surface area contributed by atoms with E-state index in [4.69, 9.17) is 0 Å². The van der Waals surface area contributed by atoms with E-state index in [2.05, 4.69) is 15.4 Å². The number of nitro groups is 2. The quantitative estimate of drug-likeness (QED) is 0.445. The van der Waals surface area contributed by atoms with Crippen molar-refractivity contribution in [1.29, 1.82) is 0 Å². The fourth-order valence-electron chi connectivity index (χ4n) is 4.61. The second-order valence-corrected chi connectivity index (χ2v) is 9.22. The van der Waals surface area contributed by atoms with Gasteiger partial charge in [-0.25, -0.2) is 4.68 Å². The number of nitrogens with one attached hydrogen (secondary N) is 1. The van der Waals surface area contributed by atoms with E-state index in [1.807, 2.05) is 13.8 Å². The van der Waals surface area contributed by atoms with Gasteiger partial charge in [0.15, 0.2) is 11.6 Å². The summed E-state index contributed by atoms with van der Waals surface area (Å²) < 4.78 is 1.53. The molecular formula is C23H20N6O5. The van der Waals surface area contributed by atoms with Gasteiger partial charge in [0.1, 0.15) is 6.04 Å². The third-order valence-corrected chi connectivity index (χ3v) is 6.04. The summed E-state index contributed by atoms with van der Waals surface area (Å²) in [6, 6.07) is 11.4. The van der Waals surface area contributed by atoms with Crippen LogP contribution in [0.15, 0.2) is 59.8 Å². The van der Waals surface area contributed by atoms with Crippen molar-refractivity contribution in [2.75, 3.05) is 5.32 Å². The minimum atomic E-state index is -0.713. The molecule has 11 heteroatoms. The number of non-ortho nitro benzene ring substituents is 2. The van der Waals surface area contributed by atoms with E-state index in [1.165, 1.54) is 28.9 Å². The Labute approximate surface area is 193 Å². The molecule has 1 unspecified atom stereocenters. The van der Waals surface area contributed by atoms with Crippen molar-refractivity contribution in [2.45, 2.75) is 32.7 Å².